The van der Waals surface area contributed by atoms with Crippen molar-refractivity contribution in [3.05, 3.63) is 12.7 Å². The molecule has 1 fully saturated rings. The van der Waals surface area contributed by atoms with Gasteiger partial charge in [0.1, 0.15) is 12.7 Å². The smallest absolute Gasteiger partial charge is 0.221 e. The number of nitrogens with one attached hydrogen (secondary N) is 1. The Morgan fingerprint density at radius 3 is 2.74 bits per heavy atom. The Hall–Kier alpha value is -1.43. The maximum Gasteiger partial charge on any atom is 0.221 e. The molecule has 0 aromatic carbocycles. The van der Waals surface area contributed by atoms with Gasteiger partial charge in [-0.3, -0.25) is 9.48 Å². The van der Waals surface area contributed by atoms with Crippen LogP contribution in [0.25, 0.3) is 0 Å². The van der Waals surface area contributed by atoms with Gasteiger partial charge in [0.2, 0.25) is 5.91 Å². The molecule has 0 saturated heterocycles. The fourth-order valence-electron chi connectivity index (χ4n) is 2.73. The normalized spacial score (nSPS) is 17.8. The Labute approximate surface area is 114 Å². The van der Waals surface area contributed by atoms with E-state index in [0.717, 1.165) is 6.54 Å². The number of rotatable bonds is 6. The largest absolute Gasteiger partial charge is 0.354 e. The molecular formula is C13H23N5O. The highest BCUT2D eigenvalue weighted by atomic mass is 16.1. The van der Waals surface area contributed by atoms with Crippen molar-refractivity contribution in [1.82, 2.24) is 25.0 Å². The number of carbonyl (C=O) groups excluding carboxylic acids is 1. The summed E-state index contributed by atoms with van der Waals surface area (Å²) < 4.78 is 1.68. The van der Waals surface area contributed by atoms with Gasteiger partial charge >= 0.3 is 0 Å². The first-order chi connectivity index (χ1) is 9.12. The first-order valence-electron chi connectivity index (χ1n) is 6.89. The third-order valence-corrected chi connectivity index (χ3v) is 4.13. The molecule has 2 rings (SSSR count). The highest BCUT2D eigenvalue weighted by molar-refractivity contribution is 5.75. The van der Waals surface area contributed by atoms with Crippen LogP contribution in [0.5, 0.6) is 0 Å². The number of aromatic nitrogens is 3. The average molecular weight is 265 g/mol. The van der Waals surface area contributed by atoms with Gasteiger partial charge in [0.05, 0.1) is 6.54 Å². The van der Waals surface area contributed by atoms with Crippen molar-refractivity contribution < 1.29 is 4.79 Å². The number of carbonyl (C=O) groups is 1. The number of aryl methyl sites for hydroxylation is 1. The molecule has 1 aliphatic carbocycles. The van der Waals surface area contributed by atoms with Crippen molar-refractivity contribution in [1.29, 1.82) is 0 Å². The van der Waals surface area contributed by atoms with Gasteiger partial charge in [-0.2, -0.15) is 5.10 Å². The van der Waals surface area contributed by atoms with Crippen molar-refractivity contribution in [2.75, 3.05) is 20.6 Å². The van der Waals surface area contributed by atoms with E-state index in [-0.39, 0.29) is 11.4 Å². The fourth-order valence-corrected chi connectivity index (χ4v) is 2.73. The van der Waals surface area contributed by atoms with Crippen LogP contribution in [0.4, 0.5) is 0 Å². The van der Waals surface area contributed by atoms with E-state index in [1.807, 2.05) is 0 Å². The SMILES string of the molecule is CN(C)C1(CNC(=O)CCn2cncn2)CCCC1. The summed E-state index contributed by atoms with van der Waals surface area (Å²) in [6, 6.07) is 0. The molecule has 0 atom stereocenters. The lowest BCUT2D eigenvalue weighted by Gasteiger charge is -2.36. The molecular weight excluding hydrogens is 242 g/mol. The minimum atomic E-state index is 0.0867. The first kappa shape index (κ1) is 14.0. The highest BCUT2D eigenvalue weighted by Gasteiger charge is 2.35. The predicted octanol–water partition coefficient (Wildman–Crippen LogP) is 0.659. The molecule has 0 spiro atoms. The third kappa shape index (κ3) is 3.53. The molecule has 0 bridgehead atoms. The average Bonchev–Trinajstić information content (AvgIpc) is 3.05. The fraction of sp³-hybridized carbons (Fsp3) is 0.769. The zero-order valence-electron chi connectivity index (χ0n) is 11.8. The first-order valence-corrected chi connectivity index (χ1v) is 6.89. The number of nitrogens with zero attached hydrogens (tertiary/aromatic N) is 4. The molecule has 1 aromatic rings. The van der Waals surface area contributed by atoms with E-state index >= 15 is 0 Å². The van der Waals surface area contributed by atoms with Gasteiger partial charge in [0, 0.05) is 18.5 Å². The van der Waals surface area contributed by atoms with Crippen LogP contribution < -0.4 is 5.32 Å². The molecule has 1 amide bonds. The van der Waals surface area contributed by atoms with Gasteiger partial charge in [-0.25, -0.2) is 4.98 Å². The molecule has 0 radical (unpaired) electrons. The molecule has 6 heteroatoms. The molecule has 1 saturated carbocycles. The van der Waals surface area contributed by atoms with Gasteiger partial charge in [-0.15, -0.1) is 0 Å². The molecule has 0 aliphatic heterocycles. The van der Waals surface area contributed by atoms with E-state index < -0.39 is 0 Å². The summed E-state index contributed by atoms with van der Waals surface area (Å²) in [7, 11) is 4.21. The number of likely N-dealkylation sites (N-methyl/N-ethyl adjacent to an activating group) is 1. The van der Waals surface area contributed by atoms with E-state index in [1.165, 1.54) is 32.0 Å². The standard InChI is InChI=1S/C13H23N5O/c1-17(2)13(6-3-4-7-13)9-15-12(19)5-8-18-11-14-10-16-18/h10-11H,3-9H2,1-2H3,(H,15,19). The summed E-state index contributed by atoms with van der Waals surface area (Å²) in [4.78, 5) is 18.0. The van der Waals surface area contributed by atoms with Gasteiger partial charge < -0.3 is 10.2 Å². The Kier molecular flexibility index (Phi) is 4.52. The predicted molar refractivity (Wildman–Crippen MR) is 72.5 cm³/mol. The monoisotopic (exact) mass is 265 g/mol. The maximum absolute atomic E-state index is 11.9. The van der Waals surface area contributed by atoms with Crippen LogP contribution in [0.15, 0.2) is 12.7 Å². The van der Waals surface area contributed by atoms with Gasteiger partial charge in [-0.1, -0.05) is 12.8 Å². The van der Waals surface area contributed by atoms with E-state index in [9.17, 15) is 4.79 Å². The maximum atomic E-state index is 11.9. The molecule has 1 N–H and O–H groups in total. The van der Waals surface area contributed by atoms with Gasteiger partial charge in [-0.05, 0) is 26.9 Å². The van der Waals surface area contributed by atoms with Crippen molar-refractivity contribution >= 4 is 5.91 Å². The molecule has 1 aromatic heterocycles. The highest BCUT2D eigenvalue weighted by Crippen LogP contribution is 2.33. The van der Waals surface area contributed by atoms with E-state index in [0.29, 0.717) is 13.0 Å². The van der Waals surface area contributed by atoms with Crippen LogP contribution in [0, 0.1) is 0 Å². The van der Waals surface area contributed by atoms with Crippen molar-refractivity contribution in [2.45, 2.75) is 44.2 Å². The summed E-state index contributed by atoms with van der Waals surface area (Å²) in [5.41, 5.74) is 0.156. The van der Waals surface area contributed by atoms with Crippen molar-refractivity contribution in [3.8, 4) is 0 Å². The van der Waals surface area contributed by atoms with Crippen LogP contribution in [0.3, 0.4) is 0 Å². The Morgan fingerprint density at radius 1 is 1.42 bits per heavy atom. The minimum absolute atomic E-state index is 0.0867. The van der Waals surface area contributed by atoms with E-state index in [2.05, 4.69) is 34.4 Å². The molecule has 0 unspecified atom stereocenters. The van der Waals surface area contributed by atoms with Crippen LogP contribution in [-0.4, -0.2) is 51.8 Å². The molecule has 6 nitrogen and oxygen atoms in total. The van der Waals surface area contributed by atoms with Gasteiger partial charge in [0.15, 0.2) is 0 Å². The Bertz CT molecular complexity index is 395. The van der Waals surface area contributed by atoms with Crippen LogP contribution in [-0.2, 0) is 11.3 Å². The topological polar surface area (TPSA) is 63.1 Å². The lowest BCUT2D eigenvalue weighted by atomic mass is 9.96. The van der Waals surface area contributed by atoms with Crippen LogP contribution in [0.2, 0.25) is 0 Å². The number of hydrogen-bond donors (Lipinski definition) is 1. The summed E-state index contributed by atoms with van der Waals surface area (Å²) in [5.74, 6) is 0.0867. The number of hydrogen-bond acceptors (Lipinski definition) is 4. The van der Waals surface area contributed by atoms with Crippen LogP contribution in [0.1, 0.15) is 32.1 Å². The lowest BCUT2D eigenvalue weighted by Crippen LogP contribution is -2.50. The molecule has 1 heterocycles. The lowest BCUT2D eigenvalue weighted by molar-refractivity contribution is -0.121. The number of amides is 1. The molecule has 1 aliphatic rings. The van der Waals surface area contributed by atoms with Crippen molar-refractivity contribution in [3.63, 3.8) is 0 Å². The zero-order chi connectivity index (χ0) is 13.7. The second kappa shape index (κ2) is 6.14. The minimum Gasteiger partial charge on any atom is -0.354 e. The van der Waals surface area contributed by atoms with Crippen molar-refractivity contribution in [2.24, 2.45) is 0 Å². The second-order valence-electron chi connectivity index (χ2n) is 5.51. The summed E-state index contributed by atoms with van der Waals surface area (Å²) in [6.45, 7) is 1.33. The quantitative estimate of drug-likeness (QED) is 0.820. The molecule has 19 heavy (non-hydrogen) atoms. The molecule has 106 valence electrons. The summed E-state index contributed by atoms with van der Waals surface area (Å²) in [6.07, 6.45) is 8.42. The Balaban J connectivity index is 1.76. The van der Waals surface area contributed by atoms with Gasteiger partial charge in [0.25, 0.3) is 0 Å². The third-order valence-electron chi connectivity index (χ3n) is 4.13. The van der Waals surface area contributed by atoms with E-state index in [1.54, 1.807) is 11.0 Å². The van der Waals surface area contributed by atoms with Crippen LogP contribution >= 0.6 is 0 Å². The zero-order valence-corrected chi connectivity index (χ0v) is 11.8. The second-order valence-corrected chi connectivity index (χ2v) is 5.51. The Morgan fingerprint density at radius 2 is 2.16 bits per heavy atom. The summed E-state index contributed by atoms with van der Waals surface area (Å²) >= 11 is 0. The van der Waals surface area contributed by atoms with E-state index in [4.69, 9.17) is 0 Å². The summed E-state index contributed by atoms with van der Waals surface area (Å²) in [5, 5.41) is 7.05.